The highest BCUT2D eigenvalue weighted by atomic mass is 32.1. The van der Waals surface area contributed by atoms with Gasteiger partial charge in [-0.05, 0) is 42.0 Å². The molecule has 0 atom stereocenters. The number of unbranched alkanes of at least 4 members (excludes halogenated alkanes) is 1. The summed E-state index contributed by atoms with van der Waals surface area (Å²) in [5.74, 6) is 0.256. The fourth-order valence-corrected chi connectivity index (χ4v) is 3.29. The summed E-state index contributed by atoms with van der Waals surface area (Å²) >= 11 is 1.50. The molecule has 142 valence electrons. The Balaban J connectivity index is 1.86. The first-order valence-electron chi connectivity index (χ1n) is 8.99. The highest BCUT2D eigenvalue weighted by molar-refractivity contribution is 7.13. The Morgan fingerprint density at radius 1 is 1.19 bits per heavy atom. The van der Waals surface area contributed by atoms with Crippen LogP contribution < -0.4 is 4.74 Å². The molecular weight excluding hydrogens is 362 g/mol. The summed E-state index contributed by atoms with van der Waals surface area (Å²) in [7, 11) is 1.60. The number of rotatable bonds is 9. The molecule has 3 rings (SSSR count). The van der Waals surface area contributed by atoms with Crippen molar-refractivity contribution in [1.82, 2.24) is 14.8 Å². The van der Waals surface area contributed by atoms with E-state index in [1.807, 2.05) is 41.8 Å². The second-order valence-corrected chi connectivity index (χ2v) is 7.00. The van der Waals surface area contributed by atoms with E-state index in [1.165, 1.54) is 21.6 Å². The number of hydrogen-bond acceptors (Lipinski definition) is 6. The number of carbonyl (C=O) groups excluding carboxylic acids is 1. The molecule has 7 heteroatoms. The fourth-order valence-electron chi connectivity index (χ4n) is 2.59. The second kappa shape index (κ2) is 9.43. The van der Waals surface area contributed by atoms with Crippen LogP contribution in [0.15, 0.2) is 41.8 Å². The number of nitrogens with zero attached hydrogens (tertiary/aromatic N) is 3. The van der Waals surface area contributed by atoms with E-state index in [0.717, 1.165) is 24.1 Å². The van der Waals surface area contributed by atoms with E-state index in [9.17, 15) is 4.79 Å². The number of ether oxygens (including phenoxy) is 2. The van der Waals surface area contributed by atoms with Gasteiger partial charge in [-0.2, -0.15) is 9.67 Å². The molecular formula is C20H23N3O3S. The van der Waals surface area contributed by atoms with Crippen molar-refractivity contribution in [2.45, 2.75) is 26.2 Å². The molecule has 0 amide bonds. The van der Waals surface area contributed by atoms with E-state index < -0.39 is 0 Å². The summed E-state index contributed by atoms with van der Waals surface area (Å²) in [4.78, 5) is 18.3. The van der Waals surface area contributed by atoms with Gasteiger partial charge in [-0.1, -0.05) is 31.5 Å². The lowest BCUT2D eigenvalue weighted by molar-refractivity contribution is 0.0943. The minimum Gasteiger partial charge on any atom is -0.460 e. The van der Waals surface area contributed by atoms with Crippen LogP contribution in [-0.2, 0) is 11.2 Å². The molecule has 2 heterocycles. The molecule has 0 bridgehead atoms. The van der Waals surface area contributed by atoms with Gasteiger partial charge in [0.15, 0.2) is 5.82 Å². The summed E-state index contributed by atoms with van der Waals surface area (Å²) < 4.78 is 11.8. The maximum atomic E-state index is 13.0. The molecule has 0 aliphatic rings. The van der Waals surface area contributed by atoms with Gasteiger partial charge in [0.05, 0.1) is 11.5 Å². The first kappa shape index (κ1) is 19.3. The fraction of sp³-hybridized carbons (Fsp3) is 0.350. The van der Waals surface area contributed by atoms with Crippen LogP contribution in [0, 0.1) is 0 Å². The number of carbonyl (C=O) groups is 1. The Morgan fingerprint density at radius 3 is 2.67 bits per heavy atom. The molecule has 27 heavy (non-hydrogen) atoms. The third kappa shape index (κ3) is 4.81. The van der Waals surface area contributed by atoms with Gasteiger partial charge in [-0.3, -0.25) is 4.79 Å². The van der Waals surface area contributed by atoms with Gasteiger partial charge in [0.2, 0.25) is 0 Å². The number of aryl methyl sites for hydroxylation is 1. The van der Waals surface area contributed by atoms with Crippen LogP contribution in [0.4, 0.5) is 0 Å². The van der Waals surface area contributed by atoms with Crippen molar-refractivity contribution in [2.75, 3.05) is 20.3 Å². The predicted molar refractivity (Wildman–Crippen MR) is 105 cm³/mol. The SMILES string of the molecule is CCCCc1ccc(C(=O)n2nc(OCCOC)nc2-c2cccs2)cc1. The lowest BCUT2D eigenvalue weighted by Gasteiger charge is -2.05. The van der Waals surface area contributed by atoms with Crippen molar-refractivity contribution in [1.29, 1.82) is 0 Å². The van der Waals surface area contributed by atoms with Crippen molar-refractivity contribution in [3.05, 3.63) is 52.9 Å². The molecule has 0 aliphatic carbocycles. The van der Waals surface area contributed by atoms with Crippen molar-refractivity contribution in [2.24, 2.45) is 0 Å². The average molecular weight is 385 g/mol. The van der Waals surface area contributed by atoms with E-state index in [-0.39, 0.29) is 11.9 Å². The lowest BCUT2D eigenvalue weighted by Crippen LogP contribution is -2.15. The molecule has 0 spiro atoms. The zero-order valence-electron chi connectivity index (χ0n) is 15.6. The third-order valence-corrected chi connectivity index (χ3v) is 4.93. The van der Waals surface area contributed by atoms with Crippen LogP contribution in [0.25, 0.3) is 10.7 Å². The number of aromatic nitrogens is 3. The predicted octanol–water partition coefficient (Wildman–Crippen LogP) is 4.06. The minimum atomic E-state index is -0.227. The van der Waals surface area contributed by atoms with Crippen molar-refractivity contribution in [3.63, 3.8) is 0 Å². The second-order valence-electron chi connectivity index (χ2n) is 6.05. The van der Waals surface area contributed by atoms with Crippen LogP contribution in [0.3, 0.4) is 0 Å². The summed E-state index contributed by atoms with van der Waals surface area (Å²) in [6.07, 6.45) is 3.31. The van der Waals surface area contributed by atoms with E-state index >= 15 is 0 Å². The van der Waals surface area contributed by atoms with Crippen LogP contribution in [0.2, 0.25) is 0 Å². The van der Waals surface area contributed by atoms with Crippen molar-refractivity contribution < 1.29 is 14.3 Å². The summed E-state index contributed by atoms with van der Waals surface area (Å²) in [5, 5.41) is 6.21. The van der Waals surface area contributed by atoms with Crippen molar-refractivity contribution in [3.8, 4) is 16.7 Å². The molecule has 0 saturated heterocycles. The number of hydrogen-bond donors (Lipinski definition) is 0. The normalized spacial score (nSPS) is 10.9. The Labute approximate surface area is 162 Å². The maximum absolute atomic E-state index is 13.0. The average Bonchev–Trinajstić information content (AvgIpc) is 3.36. The Hall–Kier alpha value is -2.51. The zero-order chi connectivity index (χ0) is 19.1. The number of thiophene rings is 1. The van der Waals surface area contributed by atoms with Gasteiger partial charge in [0.1, 0.15) is 6.61 Å². The Bertz CT molecular complexity index is 857. The monoisotopic (exact) mass is 385 g/mol. The highest BCUT2D eigenvalue weighted by Gasteiger charge is 2.20. The van der Waals surface area contributed by atoms with Crippen LogP contribution in [-0.4, -0.2) is 41.0 Å². The highest BCUT2D eigenvalue weighted by Crippen LogP contribution is 2.25. The summed E-state index contributed by atoms with van der Waals surface area (Å²) in [6.45, 7) is 2.92. The first-order chi connectivity index (χ1) is 13.2. The zero-order valence-corrected chi connectivity index (χ0v) is 16.4. The van der Waals surface area contributed by atoms with E-state index in [0.29, 0.717) is 24.6 Å². The maximum Gasteiger partial charge on any atom is 0.336 e. The quantitative estimate of drug-likeness (QED) is 0.520. The standard InChI is InChI=1S/C20H23N3O3S/c1-3-4-6-15-8-10-16(11-9-15)19(24)23-18(17-7-5-14-27-17)21-20(22-23)26-13-12-25-2/h5,7-11,14H,3-4,6,12-13H2,1-2H3. The van der Waals surface area contributed by atoms with Gasteiger partial charge in [0, 0.05) is 12.7 Å². The van der Waals surface area contributed by atoms with E-state index in [1.54, 1.807) is 7.11 Å². The van der Waals surface area contributed by atoms with Crippen LogP contribution >= 0.6 is 11.3 Å². The summed E-state index contributed by atoms with van der Waals surface area (Å²) in [5.41, 5.74) is 1.80. The van der Waals surface area contributed by atoms with E-state index in [4.69, 9.17) is 9.47 Å². The van der Waals surface area contributed by atoms with Crippen LogP contribution in [0.1, 0.15) is 35.7 Å². The largest absolute Gasteiger partial charge is 0.460 e. The Morgan fingerprint density at radius 2 is 2.00 bits per heavy atom. The van der Waals surface area contributed by atoms with Gasteiger partial charge in [-0.15, -0.1) is 16.4 Å². The molecule has 0 aliphatic heterocycles. The molecule has 0 fully saturated rings. The van der Waals surface area contributed by atoms with Crippen LogP contribution in [0.5, 0.6) is 6.01 Å². The molecule has 2 aromatic heterocycles. The van der Waals surface area contributed by atoms with E-state index in [2.05, 4.69) is 17.0 Å². The summed E-state index contributed by atoms with van der Waals surface area (Å²) in [6, 6.07) is 11.7. The molecule has 0 unspecified atom stereocenters. The Kier molecular flexibility index (Phi) is 6.73. The van der Waals surface area contributed by atoms with Gasteiger partial charge >= 0.3 is 6.01 Å². The van der Waals surface area contributed by atoms with Gasteiger partial charge in [0.25, 0.3) is 5.91 Å². The molecule has 0 N–H and O–H groups in total. The molecule has 6 nitrogen and oxygen atoms in total. The topological polar surface area (TPSA) is 66.2 Å². The minimum absolute atomic E-state index is 0.170. The third-order valence-electron chi connectivity index (χ3n) is 4.06. The number of benzene rings is 1. The number of methoxy groups -OCH3 is 1. The van der Waals surface area contributed by atoms with Gasteiger partial charge < -0.3 is 9.47 Å². The first-order valence-corrected chi connectivity index (χ1v) is 9.87. The lowest BCUT2D eigenvalue weighted by atomic mass is 10.1. The molecule has 1 aromatic carbocycles. The molecule has 0 saturated carbocycles. The van der Waals surface area contributed by atoms with Crippen molar-refractivity contribution >= 4 is 17.2 Å². The smallest absolute Gasteiger partial charge is 0.336 e. The molecule has 0 radical (unpaired) electrons. The molecule has 3 aromatic rings. The van der Waals surface area contributed by atoms with Gasteiger partial charge in [-0.25, -0.2) is 0 Å².